The van der Waals surface area contributed by atoms with Crippen LogP contribution in [0, 0.1) is 0 Å². The van der Waals surface area contributed by atoms with Gasteiger partial charge in [-0.15, -0.1) is 0 Å². The van der Waals surface area contributed by atoms with Gasteiger partial charge in [-0.3, -0.25) is 9.59 Å². The van der Waals surface area contributed by atoms with Gasteiger partial charge in [0, 0.05) is 13.5 Å². The molecule has 94 valence electrons. The Balaban J connectivity index is 2.19. The van der Waals surface area contributed by atoms with Crippen LogP contribution in [0.1, 0.15) is 12.5 Å². The molecule has 1 saturated heterocycles. The molecule has 1 heterocycles. The lowest BCUT2D eigenvalue weighted by Gasteiger charge is -2.33. The van der Waals surface area contributed by atoms with Crippen molar-refractivity contribution in [1.29, 1.82) is 0 Å². The Bertz CT molecular complexity index is 494. The first-order valence-corrected chi connectivity index (χ1v) is 5.91. The molecule has 1 aromatic rings. The van der Waals surface area contributed by atoms with Crippen LogP contribution in [-0.4, -0.2) is 29.8 Å². The monoisotopic (exact) mass is 244 g/mol. The lowest BCUT2D eigenvalue weighted by atomic mass is 10.0. The molecule has 1 atom stereocenters. The van der Waals surface area contributed by atoms with Gasteiger partial charge in [-0.25, -0.2) is 0 Å². The second-order valence-electron chi connectivity index (χ2n) is 4.31. The van der Waals surface area contributed by atoms with Crippen LogP contribution in [0.2, 0.25) is 0 Å². The molecule has 0 spiro atoms. The highest BCUT2D eigenvalue weighted by atomic mass is 16.2. The molecule has 0 aliphatic carbocycles. The number of likely N-dealkylation sites (N-methyl/N-ethyl adjacent to an activating group) is 1. The van der Waals surface area contributed by atoms with Crippen molar-refractivity contribution in [2.75, 3.05) is 7.05 Å². The molecule has 1 N–H and O–H groups in total. The zero-order valence-corrected chi connectivity index (χ0v) is 10.5. The van der Waals surface area contributed by atoms with Crippen LogP contribution in [0.15, 0.2) is 42.1 Å². The Kier molecular flexibility index (Phi) is 3.46. The number of allylic oxidation sites excluding steroid dienone is 1. The van der Waals surface area contributed by atoms with E-state index in [1.54, 1.807) is 20.0 Å². The topological polar surface area (TPSA) is 49.4 Å². The molecule has 0 aromatic heterocycles. The maximum Gasteiger partial charge on any atom is 0.270 e. The van der Waals surface area contributed by atoms with E-state index < -0.39 is 6.04 Å². The van der Waals surface area contributed by atoms with Crippen molar-refractivity contribution in [3.8, 4) is 0 Å². The van der Waals surface area contributed by atoms with Gasteiger partial charge in [-0.05, 0) is 12.5 Å². The van der Waals surface area contributed by atoms with E-state index in [1.165, 1.54) is 4.90 Å². The number of carbonyl (C=O) groups is 2. The summed E-state index contributed by atoms with van der Waals surface area (Å²) in [7, 11) is 1.66. The van der Waals surface area contributed by atoms with E-state index >= 15 is 0 Å². The lowest BCUT2D eigenvalue weighted by molar-refractivity contribution is -0.140. The van der Waals surface area contributed by atoms with E-state index in [-0.39, 0.29) is 11.8 Å². The van der Waals surface area contributed by atoms with Crippen LogP contribution in [0.25, 0.3) is 0 Å². The molecule has 1 aromatic carbocycles. The molecule has 2 rings (SSSR count). The molecule has 1 unspecified atom stereocenters. The van der Waals surface area contributed by atoms with Crippen LogP contribution in [0.4, 0.5) is 0 Å². The Morgan fingerprint density at radius 2 is 1.94 bits per heavy atom. The summed E-state index contributed by atoms with van der Waals surface area (Å²) in [5.74, 6) is -0.271. The van der Waals surface area contributed by atoms with Gasteiger partial charge in [0.15, 0.2) is 0 Å². The van der Waals surface area contributed by atoms with Gasteiger partial charge in [-0.2, -0.15) is 0 Å². The first-order chi connectivity index (χ1) is 8.63. The summed E-state index contributed by atoms with van der Waals surface area (Å²) < 4.78 is 0. The minimum Gasteiger partial charge on any atom is -0.328 e. The van der Waals surface area contributed by atoms with Gasteiger partial charge < -0.3 is 10.2 Å². The van der Waals surface area contributed by atoms with Gasteiger partial charge >= 0.3 is 0 Å². The van der Waals surface area contributed by atoms with Crippen LogP contribution in [-0.2, 0) is 16.0 Å². The molecule has 0 saturated carbocycles. The van der Waals surface area contributed by atoms with Crippen molar-refractivity contribution in [3.63, 3.8) is 0 Å². The summed E-state index contributed by atoms with van der Waals surface area (Å²) in [6, 6.07) is 9.25. The van der Waals surface area contributed by atoms with E-state index in [0.717, 1.165) is 5.56 Å². The number of amides is 2. The number of nitrogens with zero attached hydrogens (tertiary/aromatic N) is 1. The van der Waals surface area contributed by atoms with Gasteiger partial charge in [0.1, 0.15) is 11.7 Å². The maximum atomic E-state index is 12.0. The van der Waals surface area contributed by atoms with Crippen molar-refractivity contribution < 1.29 is 9.59 Å². The first kappa shape index (κ1) is 12.4. The SMILES string of the molecule is CC=C1NC(=O)C(Cc2ccccc2)N(C)C1=O. The van der Waals surface area contributed by atoms with Crippen LogP contribution >= 0.6 is 0 Å². The van der Waals surface area contributed by atoms with E-state index in [0.29, 0.717) is 12.1 Å². The predicted octanol–water partition coefficient (Wildman–Crippen LogP) is 1.09. The third-order valence-electron chi connectivity index (χ3n) is 3.14. The first-order valence-electron chi connectivity index (χ1n) is 5.91. The summed E-state index contributed by atoms with van der Waals surface area (Å²) in [6.45, 7) is 1.73. The van der Waals surface area contributed by atoms with E-state index in [2.05, 4.69) is 5.32 Å². The summed E-state index contributed by atoms with van der Waals surface area (Å²) in [4.78, 5) is 25.4. The number of hydrogen-bond donors (Lipinski definition) is 1. The highest BCUT2D eigenvalue weighted by Crippen LogP contribution is 2.14. The normalized spacial score (nSPS) is 22.2. The molecular formula is C14H16N2O2. The third kappa shape index (κ3) is 2.27. The Hall–Kier alpha value is -2.10. The van der Waals surface area contributed by atoms with Gasteiger partial charge in [-0.1, -0.05) is 36.4 Å². The lowest BCUT2D eigenvalue weighted by Crippen LogP contribution is -2.56. The number of benzene rings is 1. The highest BCUT2D eigenvalue weighted by Gasteiger charge is 2.34. The van der Waals surface area contributed by atoms with Crippen LogP contribution in [0.5, 0.6) is 0 Å². The summed E-state index contributed by atoms with van der Waals surface area (Å²) in [5.41, 5.74) is 1.40. The minimum absolute atomic E-state index is 0.131. The van der Waals surface area contributed by atoms with Crippen molar-refractivity contribution >= 4 is 11.8 Å². The minimum atomic E-state index is -0.441. The Morgan fingerprint density at radius 1 is 1.28 bits per heavy atom. The Labute approximate surface area is 106 Å². The van der Waals surface area contributed by atoms with E-state index in [4.69, 9.17) is 0 Å². The predicted molar refractivity (Wildman–Crippen MR) is 68.6 cm³/mol. The fourth-order valence-electron chi connectivity index (χ4n) is 2.04. The van der Waals surface area contributed by atoms with Crippen molar-refractivity contribution in [2.24, 2.45) is 0 Å². The smallest absolute Gasteiger partial charge is 0.270 e. The molecule has 0 bridgehead atoms. The highest BCUT2D eigenvalue weighted by molar-refractivity contribution is 6.04. The molecule has 0 radical (unpaired) electrons. The number of piperazine rings is 1. The quantitative estimate of drug-likeness (QED) is 0.792. The Morgan fingerprint density at radius 3 is 2.56 bits per heavy atom. The average molecular weight is 244 g/mol. The van der Waals surface area contributed by atoms with Crippen LogP contribution < -0.4 is 5.32 Å². The molecule has 4 nitrogen and oxygen atoms in total. The zero-order valence-electron chi connectivity index (χ0n) is 10.5. The third-order valence-corrected chi connectivity index (χ3v) is 3.14. The standard InChI is InChI=1S/C14H16N2O2/c1-3-11-14(18)16(2)12(13(17)15-11)9-10-7-5-4-6-8-10/h3-8,12H,9H2,1-2H3,(H,15,17). The van der Waals surface area contributed by atoms with E-state index in [1.807, 2.05) is 30.3 Å². The molecule has 1 aliphatic rings. The van der Waals surface area contributed by atoms with E-state index in [9.17, 15) is 9.59 Å². The number of carbonyl (C=O) groups excluding carboxylic acids is 2. The maximum absolute atomic E-state index is 12.0. The van der Waals surface area contributed by atoms with Crippen molar-refractivity contribution in [1.82, 2.24) is 10.2 Å². The largest absolute Gasteiger partial charge is 0.328 e. The summed E-state index contributed by atoms with van der Waals surface area (Å²) >= 11 is 0. The van der Waals surface area contributed by atoms with Crippen LogP contribution in [0.3, 0.4) is 0 Å². The fraction of sp³-hybridized carbons (Fsp3) is 0.286. The molecule has 1 aliphatic heterocycles. The molecule has 2 amide bonds. The second kappa shape index (κ2) is 5.04. The molecule has 4 heteroatoms. The number of nitrogens with one attached hydrogen (secondary N) is 1. The molecule has 1 fully saturated rings. The fourth-order valence-corrected chi connectivity index (χ4v) is 2.04. The van der Waals surface area contributed by atoms with Crippen molar-refractivity contribution in [3.05, 3.63) is 47.7 Å². The molecule has 18 heavy (non-hydrogen) atoms. The average Bonchev–Trinajstić information content (AvgIpc) is 2.40. The second-order valence-corrected chi connectivity index (χ2v) is 4.31. The van der Waals surface area contributed by atoms with Gasteiger partial charge in [0.25, 0.3) is 5.91 Å². The van der Waals surface area contributed by atoms with Gasteiger partial charge in [0.2, 0.25) is 5.91 Å². The van der Waals surface area contributed by atoms with Crippen molar-refractivity contribution in [2.45, 2.75) is 19.4 Å². The summed E-state index contributed by atoms with van der Waals surface area (Å²) in [6.07, 6.45) is 2.15. The zero-order chi connectivity index (χ0) is 13.1. The number of hydrogen-bond acceptors (Lipinski definition) is 2. The number of rotatable bonds is 2. The van der Waals surface area contributed by atoms with Gasteiger partial charge in [0.05, 0.1) is 0 Å². The summed E-state index contributed by atoms with van der Waals surface area (Å²) in [5, 5.41) is 2.65. The molecular weight excluding hydrogens is 228 g/mol.